The van der Waals surface area contributed by atoms with Gasteiger partial charge >= 0.3 is 0 Å². The van der Waals surface area contributed by atoms with Crippen LogP contribution in [0.5, 0.6) is 0 Å². The number of halogens is 1. The molecule has 1 atom stereocenters. The number of rotatable bonds is 8. The third-order valence-corrected chi connectivity index (χ3v) is 4.54. The molecule has 0 radical (unpaired) electrons. The van der Waals surface area contributed by atoms with Crippen molar-refractivity contribution in [1.82, 2.24) is 5.32 Å². The van der Waals surface area contributed by atoms with Crippen LogP contribution in [0.4, 0.5) is 4.39 Å². The molecule has 0 fully saturated rings. The second-order valence-corrected chi connectivity index (χ2v) is 6.95. The monoisotopic (exact) mass is 305 g/mol. The van der Waals surface area contributed by atoms with Gasteiger partial charge in [-0.25, -0.2) is 4.39 Å². The maximum atomic E-state index is 13.1. The lowest BCUT2D eigenvalue weighted by Crippen LogP contribution is -2.25. The van der Waals surface area contributed by atoms with Gasteiger partial charge in [0.1, 0.15) is 5.82 Å². The lowest BCUT2D eigenvalue weighted by atomic mass is 9.93. The molecule has 0 spiro atoms. The topological polar surface area (TPSA) is 12.0 Å². The van der Waals surface area contributed by atoms with E-state index >= 15 is 0 Å². The standard InChI is InChI=1S/C18H24FNS/c1-14(2)12-20-13-16(7-10-18-4-3-11-21-18)15-5-8-17(19)9-6-15/h3-6,8-9,11,14,16,20H,7,10,12-13H2,1-2H3. The Hall–Kier alpha value is -1.19. The van der Waals surface area contributed by atoms with E-state index in [9.17, 15) is 4.39 Å². The van der Waals surface area contributed by atoms with Crippen molar-refractivity contribution in [3.63, 3.8) is 0 Å². The first-order chi connectivity index (χ1) is 10.1. The Kier molecular flexibility index (Phi) is 6.40. The van der Waals surface area contributed by atoms with Crippen LogP contribution in [-0.2, 0) is 6.42 Å². The lowest BCUT2D eigenvalue weighted by molar-refractivity contribution is 0.500. The highest BCUT2D eigenvalue weighted by atomic mass is 32.1. The number of hydrogen-bond acceptors (Lipinski definition) is 2. The van der Waals surface area contributed by atoms with Crippen molar-refractivity contribution >= 4 is 11.3 Å². The van der Waals surface area contributed by atoms with Gasteiger partial charge in [-0.3, -0.25) is 0 Å². The minimum atomic E-state index is -0.161. The molecule has 1 N–H and O–H groups in total. The SMILES string of the molecule is CC(C)CNCC(CCc1cccs1)c1ccc(F)cc1. The molecule has 0 saturated carbocycles. The van der Waals surface area contributed by atoms with Crippen LogP contribution in [0.2, 0.25) is 0 Å². The van der Waals surface area contributed by atoms with Crippen molar-refractivity contribution in [3.8, 4) is 0 Å². The number of aryl methyl sites for hydroxylation is 1. The van der Waals surface area contributed by atoms with Crippen LogP contribution in [0, 0.1) is 11.7 Å². The summed E-state index contributed by atoms with van der Waals surface area (Å²) in [5.74, 6) is 0.925. The van der Waals surface area contributed by atoms with E-state index in [1.165, 1.54) is 10.4 Å². The van der Waals surface area contributed by atoms with E-state index in [0.717, 1.165) is 25.9 Å². The molecule has 1 aromatic carbocycles. The first-order valence-electron chi connectivity index (χ1n) is 7.63. The van der Waals surface area contributed by atoms with Gasteiger partial charge in [0, 0.05) is 11.4 Å². The second kappa shape index (κ2) is 8.30. The minimum Gasteiger partial charge on any atom is -0.316 e. The normalized spacial score (nSPS) is 12.8. The predicted molar refractivity (Wildman–Crippen MR) is 89.5 cm³/mol. The van der Waals surface area contributed by atoms with Crippen molar-refractivity contribution < 1.29 is 4.39 Å². The van der Waals surface area contributed by atoms with Crippen molar-refractivity contribution in [2.24, 2.45) is 5.92 Å². The maximum absolute atomic E-state index is 13.1. The summed E-state index contributed by atoms with van der Waals surface area (Å²) in [6.07, 6.45) is 2.18. The smallest absolute Gasteiger partial charge is 0.123 e. The molecule has 2 rings (SSSR count). The van der Waals surface area contributed by atoms with E-state index < -0.39 is 0 Å². The molecule has 0 bridgehead atoms. The zero-order valence-electron chi connectivity index (χ0n) is 12.8. The summed E-state index contributed by atoms with van der Waals surface area (Å²) in [5, 5.41) is 5.66. The summed E-state index contributed by atoms with van der Waals surface area (Å²) in [6, 6.07) is 11.3. The fourth-order valence-electron chi connectivity index (χ4n) is 2.44. The molecule has 0 aliphatic rings. The Morgan fingerprint density at radius 1 is 1.10 bits per heavy atom. The van der Waals surface area contributed by atoms with E-state index in [2.05, 4.69) is 36.7 Å². The molecular formula is C18H24FNS. The van der Waals surface area contributed by atoms with Crippen molar-refractivity contribution in [2.45, 2.75) is 32.6 Å². The predicted octanol–water partition coefficient (Wildman–Crippen LogP) is 4.85. The van der Waals surface area contributed by atoms with Gasteiger partial charge in [0.15, 0.2) is 0 Å². The van der Waals surface area contributed by atoms with Gasteiger partial charge in [-0.15, -0.1) is 11.3 Å². The molecule has 0 saturated heterocycles. The van der Waals surface area contributed by atoms with Crippen molar-refractivity contribution in [3.05, 3.63) is 58.0 Å². The summed E-state index contributed by atoms with van der Waals surface area (Å²) in [7, 11) is 0. The quantitative estimate of drug-likeness (QED) is 0.735. The van der Waals surface area contributed by atoms with Crippen LogP contribution in [0.25, 0.3) is 0 Å². The fraction of sp³-hybridized carbons (Fsp3) is 0.444. The number of thiophene rings is 1. The highest BCUT2D eigenvalue weighted by molar-refractivity contribution is 7.09. The maximum Gasteiger partial charge on any atom is 0.123 e. The van der Waals surface area contributed by atoms with Gasteiger partial charge in [-0.1, -0.05) is 32.0 Å². The highest BCUT2D eigenvalue weighted by Crippen LogP contribution is 2.23. The van der Waals surface area contributed by atoms with Crippen molar-refractivity contribution in [2.75, 3.05) is 13.1 Å². The average Bonchev–Trinajstić information content (AvgIpc) is 2.96. The van der Waals surface area contributed by atoms with Crippen molar-refractivity contribution in [1.29, 1.82) is 0 Å². The Labute approximate surface area is 131 Å². The molecule has 0 amide bonds. The Bertz CT molecular complexity index is 505. The minimum absolute atomic E-state index is 0.161. The van der Waals surface area contributed by atoms with Crippen LogP contribution < -0.4 is 5.32 Å². The molecular weight excluding hydrogens is 281 g/mol. The second-order valence-electron chi connectivity index (χ2n) is 5.92. The number of nitrogens with one attached hydrogen (secondary N) is 1. The first-order valence-corrected chi connectivity index (χ1v) is 8.51. The molecule has 21 heavy (non-hydrogen) atoms. The third-order valence-electron chi connectivity index (χ3n) is 3.60. The summed E-state index contributed by atoms with van der Waals surface area (Å²) in [5.41, 5.74) is 1.23. The zero-order valence-corrected chi connectivity index (χ0v) is 13.6. The van der Waals surface area contributed by atoms with Gasteiger partial charge in [0.2, 0.25) is 0 Å². The summed E-state index contributed by atoms with van der Waals surface area (Å²) in [6.45, 7) is 6.41. The van der Waals surface area contributed by atoms with Gasteiger partial charge < -0.3 is 5.32 Å². The van der Waals surface area contributed by atoms with Crippen LogP contribution in [-0.4, -0.2) is 13.1 Å². The van der Waals surface area contributed by atoms with E-state index in [0.29, 0.717) is 11.8 Å². The average molecular weight is 305 g/mol. The van der Waals surface area contributed by atoms with E-state index in [1.807, 2.05) is 23.5 Å². The summed E-state index contributed by atoms with van der Waals surface area (Å²) in [4.78, 5) is 1.42. The van der Waals surface area contributed by atoms with Gasteiger partial charge in [-0.05, 0) is 60.4 Å². The lowest BCUT2D eigenvalue weighted by Gasteiger charge is -2.19. The number of hydrogen-bond donors (Lipinski definition) is 1. The van der Waals surface area contributed by atoms with Gasteiger partial charge in [0.05, 0.1) is 0 Å². The first kappa shape index (κ1) is 16.2. The molecule has 1 nitrogen and oxygen atoms in total. The molecule has 114 valence electrons. The molecule has 2 aromatic rings. The molecule has 0 aliphatic heterocycles. The van der Waals surface area contributed by atoms with Gasteiger partial charge in [0.25, 0.3) is 0 Å². The highest BCUT2D eigenvalue weighted by Gasteiger charge is 2.12. The Morgan fingerprint density at radius 2 is 1.86 bits per heavy atom. The van der Waals surface area contributed by atoms with E-state index in [1.54, 1.807) is 12.1 Å². The van der Waals surface area contributed by atoms with Crippen LogP contribution in [0.15, 0.2) is 41.8 Å². The van der Waals surface area contributed by atoms with Crippen LogP contribution in [0.1, 0.15) is 36.6 Å². The van der Waals surface area contributed by atoms with Gasteiger partial charge in [-0.2, -0.15) is 0 Å². The van der Waals surface area contributed by atoms with Crippen LogP contribution in [0.3, 0.4) is 0 Å². The molecule has 3 heteroatoms. The Balaban J connectivity index is 1.97. The fourth-order valence-corrected chi connectivity index (χ4v) is 3.16. The summed E-state index contributed by atoms with van der Waals surface area (Å²) >= 11 is 1.81. The van der Waals surface area contributed by atoms with E-state index in [-0.39, 0.29) is 5.82 Å². The molecule has 1 heterocycles. The third kappa shape index (κ3) is 5.60. The summed E-state index contributed by atoms with van der Waals surface area (Å²) < 4.78 is 13.1. The largest absolute Gasteiger partial charge is 0.316 e. The number of benzene rings is 1. The zero-order chi connectivity index (χ0) is 15.1. The van der Waals surface area contributed by atoms with Crippen LogP contribution >= 0.6 is 11.3 Å². The molecule has 1 aromatic heterocycles. The Morgan fingerprint density at radius 3 is 2.48 bits per heavy atom. The molecule has 1 unspecified atom stereocenters. The van der Waals surface area contributed by atoms with E-state index in [4.69, 9.17) is 0 Å². The molecule has 0 aliphatic carbocycles.